The van der Waals surface area contributed by atoms with Crippen molar-refractivity contribution in [2.45, 2.75) is 13.0 Å². The molecule has 0 aromatic heterocycles. The van der Waals surface area contributed by atoms with Gasteiger partial charge in [-0.3, -0.25) is 0 Å². The number of esters is 1. The zero-order valence-corrected chi connectivity index (χ0v) is 16.9. The van der Waals surface area contributed by atoms with Crippen LogP contribution in [0.25, 0.3) is 6.08 Å². The van der Waals surface area contributed by atoms with Gasteiger partial charge >= 0.3 is 12.0 Å². The van der Waals surface area contributed by atoms with E-state index in [4.69, 9.17) is 4.74 Å². The monoisotopic (exact) mass is 393 g/mol. The van der Waals surface area contributed by atoms with Gasteiger partial charge in [-0.25, -0.2) is 9.59 Å². The predicted octanol–water partition coefficient (Wildman–Crippen LogP) is 3.78. The molecule has 1 heterocycles. The summed E-state index contributed by atoms with van der Waals surface area (Å²) in [4.78, 5) is 28.5. The lowest BCUT2D eigenvalue weighted by Crippen LogP contribution is -2.50. The maximum atomic E-state index is 13.0. The number of carbonyl (C=O) groups is 2. The minimum atomic E-state index is -0.369. The first-order valence-corrected chi connectivity index (χ1v) is 9.83. The van der Waals surface area contributed by atoms with Gasteiger partial charge in [-0.2, -0.15) is 0 Å². The van der Waals surface area contributed by atoms with Gasteiger partial charge < -0.3 is 19.9 Å². The molecule has 29 heavy (non-hydrogen) atoms. The summed E-state index contributed by atoms with van der Waals surface area (Å²) in [5, 5.41) is 2.99. The van der Waals surface area contributed by atoms with Gasteiger partial charge in [0.05, 0.1) is 12.6 Å². The van der Waals surface area contributed by atoms with Crippen molar-refractivity contribution >= 4 is 23.8 Å². The lowest BCUT2D eigenvalue weighted by Gasteiger charge is -2.40. The molecule has 0 spiro atoms. The molecule has 0 bridgehead atoms. The minimum Gasteiger partial charge on any atom is -0.463 e. The van der Waals surface area contributed by atoms with Crippen LogP contribution in [0.15, 0.2) is 60.7 Å². The Morgan fingerprint density at radius 2 is 1.83 bits per heavy atom. The number of rotatable bonds is 5. The van der Waals surface area contributed by atoms with Crippen LogP contribution in [0.2, 0.25) is 0 Å². The number of hydrogen-bond acceptors (Lipinski definition) is 4. The second-order valence-electron chi connectivity index (χ2n) is 7.02. The number of urea groups is 1. The Kier molecular flexibility index (Phi) is 7.03. The Balaban J connectivity index is 1.66. The van der Waals surface area contributed by atoms with Gasteiger partial charge in [0.15, 0.2) is 0 Å². The van der Waals surface area contributed by atoms with Gasteiger partial charge in [0.1, 0.15) is 0 Å². The third kappa shape index (κ3) is 5.68. The summed E-state index contributed by atoms with van der Waals surface area (Å²) in [6.45, 7) is 4.43. The van der Waals surface area contributed by atoms with Crippen LogP contribution in [-0.2, 0) is 9.53 Å². The van der Waals surface area contributed by atoms with Crippen LogP contribution in [0.1, 0.15) is 24.1 Å². The SMILES string of the molecule is CCOC(=O)/C=C/c1ccc(NC(=O)N2CCN(C)C[C@@H]2c2ccccc2)cc1. The summed E-state index contributed by atoms with van der Waals surface area (Å²) in [7, 11) is 2.08. The fourth-order valence-corrected chi connectivity index (χ4v) is 3.35. The highest BCUT2D eigenvalue weighted by Gasteiger charge is 2.30. The molecule has 1 N–H and O–H groups in total. The number of nitrogens with one attached hydrogen (secondary N) is 1. The molecular formula is C23H27N3O3. The summed E-state index contributed by atoms with van der Waals surface area (Å²) in [5.74, 6) is -0.369. The van der Waals surface area contributed by atoms with Crippen molar-refractivity contribution in [3.63, 3.8) is 0 Å². The van der Waals surface area contributed by atoms with Crippen LogP contribution < -0.4 is 5.32 Å². The fourth-order valence-electron chi connectivity index (χ4n) is 3.35. The minimum absolute atomic E-state index is 0.0155. The average molecular weight is 393 g/mol. The topological polar surface area (TPSA) is 61.9 Å². The Hall–Kier alpha value is -3.12. The number of amides is 2. The molecule has 2 amide bonds. The zero-order chi connectivity index (χ0) is 20.6. The molecule has 1 aliphatic heterocycles. The van der Waals surface area contributed by atoms with Gasteiger partial charge in [0.25, 0.3) is 0 Å². The largest absolute Gasteiger partial charge is 0.463 e. The molecule has 1 fully saturated rings. The number of nitrogens with zero attached hydrogens (tertiary/aromatic N) is 2. The summed E-state index contributed by atoms with van der Waals surface area (Å²) < 4.78 is 4.87. The number of benzene rings is 2. The average Bonchev–Trinajstić information content (AvgIpc) is 2.74. The van der Waals surface area contributed by atoms with Crippen LogP contribution in [0.3, 0.4) is 0 Å². The van der Waals surface area contributed by atoms with Gasteiger partial charge in [0.2, 0.25) is 0 Å². The van der Waals surface area contributed by atoms with E-state index in [9.17, 15) is 9.59 Å². The van der Waals surface area contributed by atoms with Crippen LogP contribution in [0, 0.1) is 0 Å². The lowest BCUT2D eigenvalue weighted by atomic mass is 10.0. The highest BCUT2D eigenvalue weighted by molar-refractivity contribution is 5.90. The van der Waals surface area contributed by atoms with E-state index in [1.165, 1.54) is 6.08 Å². The molecule has 6 nitrogen and oxygen atoms in total. The first kappa shape index (κ1) is 20.6. The van der Waals surface area contributed by atoms with Gasteiger partial charge in [-0.05, 0) is 43.3 Å². The first-order valence-electron chi connectivity index (χ1n) is 9.83. The molecule has 1 aliphatic rings. The van der Waals surface area contributed by atoms with E-state index < -0.39 is 0 Å². The van der Waals surface area contributed by atoms with E-state index in [1.54, 1.807) is 13.0 Å². The Morgan fingerprint density at radius 3 is 2.52 bits per heavy atom. The molecule has 0 radical (unpaired) electrons. The molecule has 0 saturated carbocycles. The predicted molar refractivity (Wildman–Crippen MR) is 115 cm³/mol. The summed E-state index contributed by atoms with van der Waals surface area (Å²) >= 11 is 0. The third-order valence-electron chi connectivity index (χ3n) is 4.89. The van der Waals surface area contributed by atoms with Gasteiger partial charge in [-0.15, -0.1) is 0 Å². The van der Waals surface area contributed by atoms with Crippen molar-refractivity contribution in [3.05, 3.63) is 71.8 Å². The number of piperazine rings is 1. The molecule has 3 rings (SSSR count). The molecule has 0 unspecified atom stereocenters. The Bertz CT molecular complexity index is 849. The number of anilines is 1. The maximum Gasteiger partial charge on any atom is 0.330 e. The molecule has 6 heteroatoms. The molecule has 0 aliphatic carbocycles. The van der Waals surface area contributed by atoms with Crippen LogP contribution in [0.4, 0.5) is 10.5 Å². The second-order valence-corrected chi connectivity index (χ2v) is 7.02. The van der Waals surface area contributed by atoms with E-state index in [0.717, 1.165) is 24.2 Å². The maximum absolute atomic E-state index is 13.0. The third-order valence-corrected chi connectivity index (χ3v) is 4.89. The first-order chi connectivity index (χ1) is 14.1. The molecule has 152 valence electrons. The van der Waals surface area contributed by atoms with Crippen molar-refractivity contribution in [3.8, 4) is 0 Å². The van der Waals surface area contributed by atoms with Crippen LogP contribution in [0.5, 0.6) is 0 Å². The number of hydrogen-bond donors (Lipinski definition) is 1. The van der Waals surface area contributed by atoms with Crippen LogP contribution >= 0.6 is 0 Å². The van der Waals surface area contributed by atoms with Crippen LogP contribution in [-0.4, -0.2) is 55.1 Å². The van der Waals surface area contributed by atoms with Crippen molar-refractivity contribution in [1.29, 1.82) is 0 Å². The molecular weight excluding hydrogens is 366 g/mol. The Labute approximate surface area is 171 Å². The summed E-state index contributed by atoms with van der Waals surface area (Å²) in [6, 6.07) is 17.4. The number of ether oxygens (including phenoxy) is 1. The number of likely N-dealkylation sites (N-methyl/N-ethyl adjacent to an activating group) is 1. The zero-order valence-electron chi connectivity index (χ0n) is 16.9. The van der Waals surface area contributed by atoms with Gasteiger partial charge in [-0.1, -0.05) is 42.5 Å². The van der Waals surface area contributed by atoms with E-state index in [2.05, 4.69) is 29.4 Å². The normalized spacial score (nSPS) is 17.3. The smallest absolute Gasteiger partial charge is 0.330 e. The molecule has 2 aromatic rings. The standard InChI is InChI=1S/C23H27N3O3/c1-3-29-22(27)14-11-18-9-12-20(13-10-18)24-23(28)26-16-15-25(2)17-21(26)19-7-5-4-6-8-19/h4-14,21H,3,15-17H2,1-2H3,(H,24,28)/b14-11+/t21-/m1/s1. The second kappa shape index (κ2) is 9.89. The lowest BCUT2D eigenvalue weighted by molar-refractivity contribution is -0.137. The summed E-state index contributed by atoms with van der Waals surface area (Å²) in [6.07, 6.45) is 3.08. The van der Waals surface area contributed by atoms with Crippen molar-refractivity contribution in [2.75, 3.05) is 38.6 Å². The fraction of sp³-hybridized carbons (Fsp3) is 0.304. The number of carbonyl (C=O) groups excluding carboxylic acids is 2. The highest BCUT2D eigenvalue weighted by atomic mass is 16.5. The quantitative estimate of drug-likeness (QED) is 0.620. The summed E-state index contributed by atoms with van der Waals surface area (Å²) in [5.41, 5.74) is 2.71. The van der Waals surface area contributed by atoms with E-state index in [-0.39, 0.29) is 18.0 Å². The van der Waals surface area contributed by atoms with E-state index in [0.29, 0.717) is 18.8 Å². The van der Waals surface area contributed by atoms with Crippen molar-refractivity contribution in [2.24, 2.45) is 0 Å². The molecule has 1 atom stereocenters. The van der Waals surface area contributed by atoms with Crippen molar-refractivity contribution in [1.82, 2.24) is 9.80 Å². The Morgan fingerprint density at radius 1 is 1.10 bits per heavy atom. The van der Waals surface area contributed by atoms with Crippen molar-refractivity contribution < 1.29 is 14.3 Å². The van der Waals surface area contributed by atoms with E-state index in [1.807, 2.05) is 47.4 Å². The van der Waals surface area contributed by atoms with Gasteiger partial charge in [0, 0.05) is 31.4 Å². The molecule has 1 saturated heterocycles. The molecule has 2 aromatic carbocycles. The highest BCUT2D eigenvalue weighted by Crippen LogP contribution is 2.25. The van der Waals surface area contributed by atoms with E-state index >= 15 is 0 Å².